The van der Waals surface area contributed by atoms with Gasteiger partial charge < -0.3 is 10.2 Å². The molecule has 0 saturated heterocycles. The molecule has 6 heteroatoms. The Labute approximate surface area is 153 Å². The monoisotopic (exact) mass is 439 g/mol. The van der Waals surface area contributed by atoms with Gasteiger partial charge in [-0.25, -0.2) is 0 Å². The quantitative estimate of drug-likeness (QED) is 0.693. The van der Waals surface area contributed by atoms with Crippen molar-refractivity contribution in [3.05, 3.63) is 50.7 Å². The fourth-order valence-electron chi connectivity index (χ4n) is 3.12. The first-order chi connectivity index (χ1) is 11.5. The number of rotatable bonds is 3. The summed E-state index contributed by atoms with van der Waals surface area (Å²) in [6, 6.07) is 7.31. The highest BCUT2D eigenvalue weighted by molar-refractivity contribution is 14.1. The minimum atomic E-state index is -0.212. The number of aliphatic hydroxyl groups is 2. The first-order valence-electron chi connectivity index (χ1n) is 7.95. The molecule has 0 aliphatic heterocycles. The van der Waals surface area contributed by atoms with E-state index in [1.807, 2.05) is 18.2 Å². The van der Waals surface area contributed by atoms with Crippen LogP contribution in [0.4, 0.5) is 5.69 Å². The van der Waals surface area contributed by atoms with E-state index in [1.54, 1.807) is 6.07 Å². The minimum absolute atomic E-state index is 0.0243. The molecule has 0 aromatic heterocycles. The molecule has 0 spiro atoms. The summed E-state index contributed by atoms with van der Waals surface area (Å²) >= 11 is 2.15. The second-order valence-corrected chi connectivity index (χ2v) is 7.20. The standard InChI is InChI=1S/C18H18INO4/c19-11-4-1-5-12(10-11)20(17-13(21)6-2-7-14(17)22)18-15(23)8-3-9-16(18)24/h1,4-5,10,21,23H,2-3,6-9H2. The average molecular weight is 439 g/mol. The summed E-state index contributed by atoms with van der Waals surface area (Å²) in [5.74, 6) is -0.472. The molecule has 3 rings (SSSR count). The van der Waals surface area contributed by atoms with Gasteiger partial charge in [-0.05, 0) is 53.6 Å². The van der Waals surface area contributed by atoms with Gasteiger partial charge in [-0.1, -0.05) is 6.07 Å². The summed E-state index contributed by atoms with van der Waals surface area (Å²) in [6.45, 7) is 0. The van der Waals surface area contributed by atoms with E-state index in [1.165, 1.54) is 4.90 Å². The number of carbonyl (C=O) groups is 2. The summed E-state index contributed by atoms with van der Waals surface area (Å²) in [6.07, 6.45) is 2.61. The lowest BCUT2D eigenvalue weighted by molar-refractivity contribution is -0.116. The van der Waals surface area contributed by atoms with Crippen molar-refractivity contribution in [3.8, 4) is 0 Å². The predicted octanol–water partition coefficient (Wildman–Crippen LogP) is 4.14. The van der Waals surface area contributed by atoms with Crippen LogP contribution in [0, 0.1) is 3.57 Å². The van der Waals surface area contributed by atoms with Crippen LogP contribution in [0.1, 0.15) is 38.5 Å². The number of benzene rings is 1. The molecule has 1 aromatic rings. The number of hydrogen-bond acceptors (Lipinski definition) is 5. The van der Waals surface area contributed by atoms with E-state index in [9.17, 15) is 19.8 Å². The third-order valence-corrected chi connectivity index (χ3v) is 4.89. The molecule has 0 heterocycles. The van der Waals surface area contributed by atoms with Crippen molar-refractivity contribution in [2.24, 2.45) is 0 Å². The SMILES string of the molecule is O=C1CCCC(O)=C1N(C1=C(O)CCCC1=O)c1cccc(I)c1. The van der Waals surface area contributed by atoms with Crippen molar-refractivity contribution in [1.29, 1.82) is 0 Å². The molecular weight excluding hydrogens is 421 g/mol. The molecule has 0 amide bonds. The van der Waals surface area contributed by atoms with Gasteiger partial charge in [0, 0.05) is 34.9 Å². The Hall–Kier alpha value is -1.83. The van der Waals surface area contributed by atoms with Gasteiger partial charge >= 0.3 is 0 Å². The Morgan fingerprint density at radius 1 is 0.875 bits per heavy atom. The van der Waals surface area contributed by atoms with Crippen molar-refractivity contribution in [2.45, 2.75) is 38.5 Å². The summed E-state index contributed by atoms with van der Waals surface area (Å²) in [5.41, 5.74) is 0.815. The molecule has 1 aromatic carbocycles. The van der Waals surface area contributed by atoms with Crippen molar-refractivity contribution >= 4 is 39.8 Å². The van der Waals surface area contributed by atoms with Gasteiger partial charge in [0.15, 0.2) is 11.6 Å². The maximum absolute atomic E-state index is 12.5. The lowest BCUT2D eigenvalue weighted by Crippen LogP contribution is -2.35. The second kappa shape index (κ2) is 6.96. The Morgan fingerprint density at radius 2 is 1.42 bits per heavy atom. The number of aliphatic hydroxyl groups excluding tert-OH is 2. The molecule has 0 unspecified atom stereocenters. The molecule has 0 radical (unpaired) electrons. The van der Waals surface area contributed by atoms with Gasteiger partial charge in [-0.15, -0.1) is 0 Å². The molecule has 2 aliphatic carbocycles. The minimum Gasteiger partial charge on any atom is -0.510 e. The van der Waals surface area contributed by atoms with Gasteiger partial charge in [0.25, 0.3) is 0 Å². The Balaban J connectivity index is 2.22. The van der Waals surface area contributed by atoms with E-state index in [2.05, 4.69) is 22.6 Å². The molecule has 2 aliphatic rings. The molecule has 0 bridgehead atoms. The van der Waals surface area contributed by atoms with Gasteiger partial charge in [0.05, 0.1) is 0 Å². The summed E-state index contributed by atoms with van der Waals surface area (Å²) in [7, 11) is 0. The van der Waals surface area contributed by atoms with Crippen LogP contribution in [0.2, 0.25) is 0 Å². The van der Waals surface area contributed by atoms with Crippen molar-refractivity contribution in [3.63, 3.8) is 0 Å². The highest BCUT2D eigenvalue weighted by atomic mass is 127. The van der Waals surface area contributed by atoms with Gasteiger partial charge in [-0.3, -0.25) is 14.5 Å². The van der Waals surface area contributed by atoms with E-state index >= 15 is 0 Å². The van der Waals surface area contributed by atoms with E-state index in [4.69, 9.17) is 0 Å². The number of halogens is 1. The smallest absolute Gasteiger partial charge is 0.183 e. The average Bonchev–Trinajstić information content (AvgIpc) is 2.53. The van der Waals surface area contributed by atoms with Crippen LogP contribution in [0.5, 0.6) is 0 Å². The van der Waals surface area contributed by atoms with Crippen molar-refractivity contribution in [1.82, 2.24) is 0 Å². The number of allylic oxidation sites excluding steroid dienone is 4. The molecule has 0 atom stereocenters. The molecule has 5 nitrogen and oxygen atoms in total. The van der Waals surface area contributed by atoms with E-state index in [0.29, 0.717) is 44.2 Å². The summed E-state index contributed by atoms with van der Waals surface area (Å²) in [4.78, 5) is 26.4. The largest absolute Gasteiger partial charge is 0.510 e. The zero-order chi connectivity index (χ0) is 17.3. The van der Waals surface area contributed by atoms with Gasteiger partial charge in [0.1, 0.15) is 22.9 Å². The topological polar surface area (TPSA) is 77.8 Å². The molecule has 24 heavy (non-hydrogen) atoms. The number of ketones is 2. The molecule has 0 saturated carbocycles. The third kappa shape index (κ3) is 3.19. The van der Waals surface area contributed by atoms with Gasteiger partial charge in [-0.2, -0.15) is 0 Å². The zero-order valence-electron chi connectivity index (χ0n) is 13.1. The van der Waals surface area contributed by atoms with Crippen molar-refractivity contribution < 1.29 is 19.8 Å². The second-order valence-electron chi connectivity index (χ2n) is 5.96. The van der Waals surface area contributed by atoms with E-state index < -0.39 is 0 Å². The number of Topliss-reactive ketones (excluding diaryl/α,β-unsaturated/α-hetero) is 2. The summed E-state index contributed by atoms with van der Waals surface area (Å²) in [5, 5.41) is 20.7. The number of hydrogen-bond donors (Lipinski definition) is 2. The van der Waals surface area contributed by atoms with Crippen molar-refractivity contribution in [2.75, 3.05) is 4.90 Å². The lowest BCUT2D eigenvalue weighted by Gasteiger charge is -2.32. The van der Waals surface area contributed by atoms with Crippen LogP contribution in [0.15, 0.2) is 47.2 Å². The Morgan fingerprint density at radius 3 is 1.88 bits per heavy atom. The van der Waals surface area contributed by atoms with Crippen LogP contribution >= 0.6 is 22.6 Å². The normalized spacial score (nSPS) is 19.0. The van der Waals surface area contributed by atoms with E-state index in [0.717, 1.165) is 3.57 Å². The van der Waals surface area contributed by atoms with Crippen LogP contribution < -0.4 is 4.90 Å². The zero-order valence-corrected chi connectivity index (χ0v) is 15.2. The third-order valence-electron chi connectivity index (χ3n) is 4.22. The fourth-order valence-corrected chi connectivity index (χ4v) is 3.65. The van der Waals surface area contributed by atoms with Crippen LogP contribution in [-0.4, -0.2) is 21.8 Å². The number of carbonyl (C=O) groups excluding carboxylic acids is 2. The van der Waals surface area contributed by atoms with Gasteiger partial charge in [0.2, 0.25) is 0 Å². The molecule has 0 fully saturated rings. The van der Waals surface area contributed by atoms with E-state index in [-0.39, 0.29) is 34.5 Å². The Kier molecular flexibility index (Phi) is 4.93. The molecule has 2 N–H and O–H groups in total. The van der Waals surface area contributed by atoms with Crippen LogP contribution in [0.3, 0.4) is 0 Å². The summed E-state index contributed by atoms with van der Waals surface area (Å²) < 4.78 is 0.932. The van der Waals surface area contributed by atoms with Crippen LogP contribution in [-0.2, 0) is 9.59 Å². The highest BCUT2D eigenvalue weighted by Gasteiger charge is 2.34. The number of nitrogens with zero attached hydrogens (tertiary/aromatic N) is 1. The maximum Gasteiger partial charge on any atom is 0.183 e. The Bertz CT molecular complexity index is 724. The first-order valence-corrected chi connectivity index (χ1v) is 9.03. The fraction of sp³-hybridized carbons (Fsp3) is 0.333. The van der Waals surface area contributed by atoms with Crippen LogP contribution in [0.25, 0.3) is 0 Å². The lowest BCUT2D eigenvalue weighted by atomic mass is 9.95. The maximum atomic E-state index is 12.5. The molecule has 126 valence electrons. The molecular formula is C18H18INO4. The highest BCUT2D eigenvalue weighted by Crippen LogP contribution is 2.35. The predicted molar refractivity (Wildman–Crippen MR) is 98.7 cm³/mol. The first kappa shape index (κ1) is 17.0. The number of anilines is 1.